The van der Waals surface area contributed by atoms with Crippen molar-refractivity contribution in [3.63, 3.8) is 0 Å². The van der Waals surface area contributed by atoms with Crippen molar-refractivity contribution in [2.45, 2.75) is 32.4 Å². The molecule has 1 fully saturated rings. The SMILES string of the molecule is CCCN1C(=O)NC(CC(=O)N(C)Cc2cc(-c3ccccc3)n[nH]2)C1=O. The second-order valence-corrected chi connectivity index (χ2v) is 6.59. The third-order valence-electron chi connectivity index (χ3n) is 4.47. The fourth-order valence-corrected chi connectivity index (χ4v) is 3.02. The first kappa shape index (κ1) is 18.6. The summed E-state index contributed by atoms with van der Waals surface area (Å²) >= 11 is 0. The fraction of sp³-hybridized carbons (Fsp3) is 0.368. The summed E-state index contributed by atoms with van der Waals surface area (Å²) in [6, 6.07) is 10.4. The lowest BCUT2D eigenvalue weighted by molar-refractivity contribution is -0.135. The number of urea groups is 1. The van der Waals surface area contributed by atoms with E-state index in [-0.39, 0.29) is 18.2 Å². The summed E-state index contributed by atoms with van der Waals surface area (Å²) in [4.78, 5) is 39.2. The first-order valence-electron chi connectivity index (χ1n) is 8.95. The highest BCUT2D eigenvalue weighted by Crippen LogP contribution is 2.18. The highest BCUT2D eigenvalue weighted by molar-refractivity contribution is 6.05. The number of rotatable bonds is 7. The Labute approximate surface area is 157 Å². The van der Waals surface area contributed by atoms with Gasteiger partial charge in [0, 0.05) is 19.2 Å². The van der Waals surface area contributed by atoms with E-state index in [1.165, 1.54) is 9.80 Å². The minimum Gasteiger partial charge on any atom is -0.340 e. The predicted octanol–water partition coefficient (Wildman–Crippen LogP) is 1.76. The van der Waals surface area contributed by atoms with Crippen molar-refractivity contribution in [2.24, 2.45) is 0 Å². The Hall–Kier alpha value is -3.16. The summed E-state index contributed by atoms with van der Waals surface area (Å²) in [5.41, 5.74) is 2.59. The van der Waals surface area contributed by atoms with Crippen molar-refractivity contribution >= 4 is 17.8 Å². The van der Waals surface area contributed by atoms with Crippen molar-refractivity contribution in [3.05, 3.63) is 42.1 Å². The van der Waals surface area contributed by atoms with Gasteiger partial charge in [0.15, 0.2) is 0 Å². The third kappa shape index (κ3) is 4.16. The number of aromatic amines is 1. The van der Waals surface area contributed by atoms with E-state index in [1.807, 2.05) is 43.3 Å². The molecule has 2 N–H and O–H groups in total. The van der Waals surface area contributed by atoms with Gasteiger partial charge in [-0.1, -0.05) is 37.3 Å². The Bertz CT molecular complexity index is 833. The Morgan fingerprint density at radius 3 is 2.70 bits per heavy atom. The van der Waals surface area contributed by atoms with Crippen LogP contribution in [0.15, 0.2) is 36.4 Å². The Morgan fingerprint density at radius 2 is 2.00 bits per heavy atom. The number of nitrogens with zero attached hydrogens (tertiary/aromatic N) is 3. The molecule has 1 aromatic carbocycles. The molecule has 2 aromatic rings. The Morgan fingerprint density at radius 1 is 1.26 bits per heavy atom. The molecule has 2 heterocycles. The topological polar surface area (TPSA) is 98.4 Å². The van der Waals surface area contributed by atoms with Gasteiger partial charge in [-0.05, 0) is 12.5 Å². The van der Waals surface area contributed by atoms with Gasteiger partial charge in [-0.2, -0.15) is 5.10 Å². The highest BCUT2D eigenvalue weighted by atomic mass is 16.2. The van der Waals surface area contributed by atoms with Crippen molar-refractivity contribution < 1.29 is 14.4 Å². The molecule has 4 amide bonds. The second kappa shape index (κ2) is 8.03. The number of carbonyl (C=O) groups excluding carboxylic acids is 3. The second-order valence-electron chi connectivity index (χ2n) is 6.59. The van der Waals surface area contributed by atoms with Gasteiger partial charge >= 0.3 is 6.03 Å². The van der Waals surface area contributed by atoms with Gasteiger partial charge in [-0.3, -0.25) is 19.6 Å². The van der Waals surface area contributed by atoms with Crippen molar-refractivity contribution in [1.82, 2.24) is 25.3 Å². The number of aromatic nitrogens is 2. The molecule has 3 rings (SSSR count). The summed E-state index contributed by atoms with van der Waals surface area (Å²) in [7, 11) is 1.66. The number of amides is 4. The lowest BCUT2D eigenvalue weighted by Crippen LogP contribution is -2.37. The lowest BCUT2D eigenvalue weighted by atomic mass is 10.1. The summed E-state index contributed by atoms with van der Waals surface area (Å²) < 4.78 is 0. The number of carbonyl (C=O) groups is 3. The molecule has 0 aliphatic carbocycles. The molecule has 1 aliphatic rings. The van der Waals surface area contributed by atoms with Gasteiger partial charge in [0.2, 0.25) is 5.91 Å². The number of hydrogen-bond acceptors (Lipinski definition) is 4. The van der Waals surface area contributed by atoms with Gasteiger partial charge in [0.1, 0.15) is 6.04 Å². The normalized spacial score (nSPS) is 16.5. The van der Waals surface area contributed by atoms with E-state index in [9.17, 15) is 14.4 Å². The molecule has 8 heteroatoms. The minimum atomic E-state index is -0.791. The van der Waals surface area contributed by atoms with Gasteiger partial charge in [0.05, 0.1) is 24.4 Å². The number of H-pyrrole nitrogens is 1. The number of benzene rings is 1. The molecule has 0 saturated carbocycles. The predicted molar refractivity (Wildman–Crippen MR) is 99.4 cm³/mol. The van der Waals surface area contributed by atoms with Crippen LogP contribution < -0.4 is 5.32 Å². The molecule has 142 valence electrons. The molecule has 1 aromatic heterocycles. The van der Waals surface area contributed by atoms with Crippen LogP contribution in [0.25, 0.3) is 11.3 Å². The van der Waals surface area contributed by atoms with Gasteiger partial charge in [-0.15, -0.1) is 0 Å². The molecule has 1 aliphatic heterocycles. The Kier molecular flexibility index (Phi) is 5.54. The van der Waals surface area contributed by atoms with Crippen LogP contribution in [0.5, 0.6) is 0 Å². The van der Waals surface area contributed by atoms with E-state index in [1.54, 1.807) is 7.05 Å². The molecular weight excluding hydrogens is 346 g/mol. The molecule has 0 spiro atoms. The fourth-order valence-electron chi connectivity index (χ4n) is 3.02. The monoisotopic (exact) mass is 369 g/mol. The van der Waals surface area contributed by atoms with Crippen LogP contribution in [-0.4, -0.2) is 57.5 Å². The molecule has 0 radical (unpaired) electrons. The van der Waals surface area contributed by atoms with Gasteiger partial charge in [-0.25, -0.2) is 4.79 Å². The van der Waals surface area contributed by atoms with Crippen LogP contribution in [0.2, 0.25) is 0 Å². The standard InChI is InChI=1S/C19H23N5O3/c1-3-9-24-18(26)16(20-19(24)27)11-17(25)23(2)12-14-10-15(22-21-14)13-7-5-4-6-8-13/h4-8,10,16H,3,9,11-12H2,1-2H3,(H,20,27)(H,21,22). The van der Waals surface area contributed by atoms with Crippen LogP contribution in [0.1, 0.15) is 25.5 Å². The van der Waals surface area contributed by atoms with E-state index in [0.717, 1.165) is 17.0 Å². The maximum atomic E-state index is 12.5. The van der Waals surface area contributed by atoms with Crippen LogP contribution in [0.3, 0.4) is 0 Å². The zero-order valence-corrected chi connectivity index (χ0v) is 15.4. The van der Waals surface area contributed by atoms with Gasteiger partial charge < -0.3 is 10.2 Å². The zero-order chi connectivity index (χ0) is 19.4. The maximum absolute atomic E-state index is 12.5. The summed E-state index contributed by atoms with van der Waals surface area (Å²) in [5.74, 6) is -0.556. The van der Waals surface area contributed by atoms with Crippen molar-refractivity contribution in [3.8, 4) is 11.3 Å². The highest BCUT2D eigenvalue weighted by Gasteiger charge is 2.38. The molecule has 1 unspecified atom stereocenters. The van der Waals surface area contributed by atoms with E-state index in [4.69, 9.17) is 0 Å². The molecule has 8 nitrogen and oxygen atoms in total. The quantitative estimate of drug-likeness (QED) is 0.727. The number of nitrogens with one attached hydrogen (secondary N) is 2. The lowest BCUT2D eigenvalue weighted by Gasteiger charge is -2.18. The summed E-state index contributed by atoms with van der Waals surface area (Å²) in [5, 5.41) is 9.79. The van der Waals surface area contributed by atoms with Crippen molar-refractivity contribution in [2.75, 3.05) is 13.6 Å². The van der Waals surface area contributed by atoms with Crippen molar-refractivity contribution in [1.29, 1.82) is 0 Å². The van der Waals surface area contributed by atoms with Gasteiger partial charge in [0.25, 0.3) is 5.91 Å². The van der Waals surface area contributed by atoms with Crippen LogP contribution in [0, 0.1) is 0 Å². The number of imide groups is 1. The van der Waals surface area contributed by atoms with E-state index in [2.05, 4.69) is 15.5 Å². The molecule has 0 bridgehead atoms. The first-order chi connectivity index (χ1) is 13.0. The van der Waals surface area contributed by atoms with E-state index >= 15 is 0 Å². The minimum absolute atomic E-state index is 0.0546. The molecule has 1 saturated heterocycles. The maximum Gasteiger partial charge on any atom is 0.324 e. The summed E-state index contributed by atoms with van der Waals surface area (Å²) in [6.07, 6.45) is 0.629. The molecule has 27 heavy (non-hydrogen) atoms. The van der Waals surface area contributed by atoms with E-state index < -0.39 is 12.1 Å². The largest absolute Gasteiger partial charge is 0.340 e. The Balaban J connectivity index is 1.58. The van der Waals surface area contributed by atoms with Crippen LogP contribution in [-0.2, 0) is 16.1 Å². The molecular formula is C19H23N5O3. The van der Waals surface area contributed by atoms with Crippen LogP contribution in [0.4, 0.5) is 4.79 Å². The first-order valence-corrected chi connectivity index (χ1v) is 8.95. The number of hydrogen-bond donors (Lipinski definition) is 2. The smallest absolute Gasteiger partial charge is 0.324 e. The zero-order valence-electron chi connectivity index (χ0n) is 15.4. The third-order valence-corrected chi connectivity index (χ3v) is 4.47. The van der Waals surface area contributed by atoms with Crippen LogP contribution >= 0.6 is 0 Å². The summed E-state index contributed by atoms with van der Waals surface area (Å²) in [6.45, 7) is 2.59. The average Bonchev–Trinajstić information content (AvgIpc) is 3.23. The molecule has 1 atom stereocenters. The average molecular weight is 369 g/mol. The van der Waals surface area contributed by atoms with E-state index in [0.29, 0.717) is 19.5 Å².